The quantitative estimate of drug-likeness (QED) is 0.608. The second kappa shape index (κ2) is 11.9. The van der Waals surface area contributed by atoms with Gasteiger partial charge >= 0.3 is 6.03 Å². The van der Waals surface area contributed by atoms with Crippen molar-refractivity contribution in [2.75, 3.05) is 51.0 Å². The Labute approximate surface area is 218 Å². The van der Waals surface area contributed by atoms with E-state index in [-0.39, 0.29) is 29.7 Å². The minimum atomic E-state index is -0.613. The summed E-state index contributed by atoms with van der Waals surface area (Å²) < 4.78 is 25.9. The van der Waals surface area contributed by atoms with E-state index in [0.717, 1.165) is 19.0 Å². The van der Waals surface area contributed by atoms with Crippen LogP contribution in [0.2, 0.25) is 0 Å². The number of halogens is 1. The molecule has 2 aromatic carbocycles. The fraction of sp³-hybridized carbons (Fsp3) is 0.500. The average molecular weight is 513 g/mol. The molecule has 3 amide bonds. The lowest BCUT2D eigenvalue weighted by molar-refractivity contribution is 0.00994. The summed E-state index contributed by atoms with van der Waals surface area (Å²) in [5, 5.41) is 5.18. The highest BCUT2D eigenvalue weighted by Crippen LogP contribution is 2.32. The van der Waals surface area contributed by atoms with Crippen molar-refractivity contribution in [3.8, 4) is 5.75 Å². The molecular formula is C28H37FN4O4. The van der Waals surface area contributed by atoms with Crippen LogP contribution in [0, 0.1) is 17.7 Å². The number of amides is 3. The maximum atomic E-state index is 13.9. The summed E-state index contributed by atoms with van der Waals surface area (Å²) in [5.74, 6) is 0.648. The second-order valence-electron chi connectivity index (χ2n) is 10.3. The number of hydrogen-bond acceptors (Lipinski definition) is 5. The summed E-state index contributed by atoms with van der Waals surface area (Å²) in [4.78, 5) is 30.1. The van der Waals surface area contributed by atoms with Crippen molar-refractivity contribution in [3.63, 3.8) is 0 Å². The van der Waals surface area contributed by atoms with Crippen LogP contribution in [0.1, 0.15) is 37.0 Å². The number of nitrogens with one attached hydrogen (secondary N) is 2. The van der Waals surface area contributed by atoms with Gasteiger partial charge in [-0.05, 0) is 61.9 Å². The van der Waals surface area contributed by atoms with Crippen LogP contribution in [0.4, 0.5) is 20.6 Å². The van der Waals surface area contributed by atoms with Gasteiger partial charge in [0, 0.05) is 45.5 Å². The predicted molar refractivity (Wildman–Crippen MR) is 142 cm³/mol. The molecule has 2 N–H and O–H groups in total. The van der Waals surface area contributed by atoms with Gasteiger partial charge in [-0.25, -0.2) is 9.18 Å². The summed E-state index contributed by atoms with van der Waals surface area (Å²) >= 11 is 0. The third-order valence-electron chi connectivity index (χ3n) is 7.14. The topological polar surface area (TPSA) is 83.1 Å². The Morgan fingerprint density at radius 3 is 2.59 bits per heavy atom. The minimum Gasteiger partial charge on any atom is -0.491 e. The Balaban J connectivity index is 1.56. The van der Waals surface area contributed by atoms with E-state index in [1.54, 1.807) is 49.4 Å². The first-order valence-electron chi connectivity index (χ1n) is 12.9. The van der Waals surface area contributed by atoms with Crippen molar-refractivity contribution >= 4 is 23.3 Å². The molecule has 1 aliphatic heterocycles. The zero-order valence-corrected chi connectivity index (χ0v) is 22.0. The number of fused-ring (bicyclic) bond motifs is 1. The molecule has 3 atom stereocenters. The van der Waals surface area contributed by atoms with Crippen molar-refractivity contribution in [1.29, 1.82) is 0 Å². The minimum absolute atomic E-state index is 0.0647. The van der Waals surface area contributed by atoms with E-state index in [0.29, 0.717) is 30.2 Å². The van der Waals surface area contributed by atoms with Crippen LogP contribution in [-0.4, -0.2) is 74.3 Å². The van der Waals surface area contributed by atoms with Gasteiger partial charge in [0.15, 0.2) is 0 Å². The largest absolute Gasteiger partial charge is 0.491 e. The smallest absolute Gasteiger partial charge is 0.323 e. The van der Waals surface area contributed by atoms with Crippen LogP contribution in [0.15, 0.2) is 42.5 Å². The molecule has 1 aliphatic carbocycles. The fourth-order valence-electron chi connectivity index (χ4n) is 4.66. The molecule has 0 saturated heterocycles. The van der Waals surface area contributed by atoms with Crippen LogP contribution in [-0.2, 0) is 4.74 Å². The lowest BCUT2D eigenvalue weighted by Gasteiger charge is -2.36. The maximum Gasteiger partial charge on any atom is 0.323 e. The molecule has 2 aliphatic rings. The number of carbonyl (C=O) groups is 2. The van der Waals surface area contributed by atoms with E-state index >= 15 is 0 Å². The van der Waals surface area contributed by atoms with E-state index in [2.05, 4.69) is 29.4 Å². The summed E-state index contributed by atoms with van der Waals surface area (Å²) in [6.07, 6.45) is 2.42. The molecule has 1 saturated carbocycles. The normalized spacial score (nSPS) is 23.3. The van der Waals surface area contributed by atoms with Gasteiger partial charge in [0.1, 0.15) is 18.2 Å². The predicted octanol–water partition coefficient (Wildman–Crippen LogP) is 4.69. The molecule has 200 valence electrons. The third kappa shape index (κ3) is 6.99. The molecule has 37 heavy (non-hydrogen) atoms. The molecule has 1 fully saturated rings. The SMILES string of the molecule is CO[C@@H]1CN(C)C(=O)c2cc(NC(=O)Nc3ccccc3F)ccc2OC[C@H](C)N(CC2CC2)C[C@@H]1C. The summed E-state index contributed by atoms with van der Waals surface area (Å²) in [7, 11) is 3.43. The lowest BCUT2D eigenvalue weighted by Crippen LogP contribution is -2.47. The first-order chi connectivity index (χ1) is 17.7. The number of hydrogen-bond donors (Lipinski definition) is 2. The maximum absolute atomic E-state index is 13.9. The number of methoxy groups -OCH3 is 1. The van der Waals surface area contributed by atoms with E-state index in [1.165, 1.54) is 25.0 Å². The van der Waals surface area contributed by atoms with E-state index in [1.807, 2.05) is 0 Å². The zero-order valence-electron chi connectivity index (χ0n) is 22.0. The van der Waals surface area contributed by atoms with E-state index in [9.17, 15) is 14.0 Å². The van der Waals surface area contributed by atoms with Crippen molar-refractivity contribution in [1.82, 2.24) is 9.80 Å². The molecule has 0 spiro atoms. The monoisotopic (exact) mass is 512 g/mol. The fourth-order valence-corrected chi connectivity index (χ4v) is 4.66. The number of nitrogens with zero attached hydrogens (tertiary/aromatic N) is 2. The number of ether oxygens (including phenoxy) is 2. The number of likely N-dealkylation sites (N-methyl/N-ethyl adjacent to an activating group) is 1. The molecule has 2 aromatic rings. The van der Waals surface area contributed by atoms with Crippen molar-refractivity contribution in [2.45, 2.75) is 38.8 Å². The second-order valence-corrected chi connectivity index (χ2v) is 10.3. The van der Waals surface area contributed by atoms with Gasteiger partial charge in [0.25, 0.3) is 5.91 Å². The Morgan fingerprint density at radius 2 is 1.89 bits per heavy atom. The number of urea groups is 1. The number of rotatable bonds is 5. The third-order valence-corrected chi connectivity index (χ3v) is 7.14. The zero-order chi connectivity index (χ0) is 26.5. The lowest BCUT2D eigenvalue weighted by atomic mass is 10.0. The molecule has 4 rings (SSSR count). The van der Waals surface area contributed by atoms with Crippen LogP contribution < -0.4 is 15.4 Å². The van der Waals surface area contributed by atoms with Crippen LogP contribution in [0.25, 0.3) is 0 Å². The molecular weight excluding hydrogens is 475 g/mol. The highest BCUT2D eigenvalue weighted by atomic mass is 19.1. The Hall–Kier alpha value is -3.17. The molecule has 0 radical (unpaired) electrons. The van der Waals surface area contributed by atoms with Crippen LogP contribution in [0.3, 0.4) is 0 Å². The van der Waals surface area contributed by atoms with Gasteiger partial charge in [0.05, 0.1) is 17.4 Å². The van der Waals surface area contributed by atoms with Crippen molar-refractivity contribution in [3.05, 3.63) is 53.8 Å². The molecule has 0 aromatic heterocycles. The first-order valence-corrected chi connectivity index (χ1v) is 12.9. The molecule has 9 heteroatoms. The number of anilines is 2. The van der Waals surface area contributed by atoms with Gasteiger partial charge in [0.2, 0.25) is 0 Å². The summed E-state index contributed by atoms with van der Waals surface area (Å²) in [6.45, 7) is 7.07. The highest BCUT2D eigenvalue weighted by molar-refractivity contribution is 6.02. The van der Waals surface area contributed by atoms with Gasteiger partial charge < -0.3 is 25.0 Å². The van der Waals surface area contributed by atoms with Crippen molar-refractivity contribution in [2.24, 2.45) is 11.8 Å². The number of para-hydroxylation sites is 1. The van der Waals surface area contributed by atoms with Gasteiger partial charge in [-0.15, -0.1) is 0 Å². The van der Waals surface area contributed by atoms with Crippen LogP contribution >= 0.6 is 0 Å². The van der Waals surface area contributed by atoms with Crippen molar-refractivity contribution < 1.29 is 23.5 Å². The molecule has 8 nitrogen and oxygen atoms in total. The Kier molecular flexibility index (Phi) is 8.66. The van der Waals surface area contributed by atoms with Gasteiger partial charge in [-0.3, -0.25) is 9.69 Å². The highest BCUT2D eigenvalue weighted by Gasteiger charge is 2.31. The summed E-state index contributed by atoms with van der Waals surface area (Å²) in [6, 6.07) is 10.4. The Bertz CT molecular complexity index is 1110. The number of benzene rings is 2. The average Bonchev–Trinajstić information content (AvgIpc) is 3.70. The van der Waals surface area contributed by atoms with Crippen LogP contribution in [0.5, 0.6) is 5.75 Å². The molecule has 0 bridgehead atoms. The molecule has 0 unspecified atom stereocenters. The summed E-state index contributed by atoms with van der Waals surface area (Å²) in [5.41, 5.74) is 0.801. The van der Waals surface area contributed by atoms with E-state index < -0.39 is 11.8 Å². The van der Waals surface area contributed by atoms with Gasteiger partial charge in [-0.1, -0.05) is 19.1 Å². The number of carbonyl (C=O) groups excluding carboxylic acids is 2. The van der Waals surface area contributed by atoms with Gasteiger partial charge in [-0.2, -0.15) is 0 Å². The molecule has 1 heterocycles. The Morgan fingerprint density at radius 1 is 1.14 bits per heavy atom. The van der Waals surface area contributed by atoms with E-state index in [4.69, 9.17) is 9.47 Å². The standard InChI is InChI=1S/C28H37FN4O4/c1-18-14-33(15-20-9-10-20)19(2)17-37-25-12-11-21(13-22(25)27(34)32(3)16-26(18)36-4)30-28(35)31-24-8-6-5-7-23(24)29/h5-8,11-13,18-20,26H,9-10,14-17H2,1-4H3,(H2,30,31,35)/t18-,19-,26+/m0/s1. The first kappa shape index (κ1) is 26.9.